The van der Waals surface area contributed by atoms with Crippen LogP contribution in [-0.2, 0) is 16.6 Å². The Morgan fingerprint density at radius 3 is 2.05 bits per heavy atom. The zero-order valence-corrected chi connectivity index (χ0v) is 21.8. The fourth-order valence-electron chi connectivity index (χ4n) is 4.82. The maximum absolute atomic E-state index is 12.7. The Balaban J connectivity index is 1.59. The monoisotopic (exact) mass is 523 g/mol. The van der Waals surface area contributed by atoms with Gasteiger partial charge in [-0.3, -0.25) is 0 Å². The van der Waals surface area contributed by atoms with Crippen LogP contribution in [0.15, 0.2) is 125 Å². The zero-order chi connectivity index (χ0) is 26.5. The van der Waals surface area contributed by atoms with Crippen molar-refractivity contribution in [3.05, 3.63) is 143 Å². The van der Waals surface area contributed by atoms with Crippen LogP contribution in [0.4, 0.5) is 0 Å². The molecule has 5 aromatic rings. The summed E-state index contributed by atoms with van der Waals surface area (Å²) in [4.78, 5) is 0.116. The lowest BCUT2D eigenvalue weighted by Gasteiger charge is -2.31. The number of nitrogens with zero attached hydrogens (tertiary/aromatic N) is 1. The molecule has 4 aromatic carbocycles. The fraction of sp³-hybridized carbons (Fsp3) is 0.129. The number of primary sulfonamides is 1. The van der Waals surface area contributed by atoms with Crippen LogP contribution < -0.4 is 10.5 Å². The van der Waals surface area contributed by atoms with Crippen molar-refractivity contribution in [2.45, 2.75) is 30.3 Å². The third kappa shape index (κ3) is 5.75. The SMILES string of the molecule is Cc1ccc(S(N)(=O)=O)c([C@@H](c2ccccc2)[C@@H](NCc2cc(-c3ccccc3)no2)c2ccccc2)c1. The molecule has 0 fully saturated rings. The van der Waals surface area contributed by atoms with Crippen molar-refractivity contribution in [2.75, 3.05) is 0 Å². The van der Waals surface area contributed by atoms with Gasteiger partial charge in [0.15, 0.2) is 5.76 Å². The Morgan fingerprint density at radius 1 is 0.816 bits per heavy atom. The molecule has 0 saturated carbocycles. The lowest BCUT2D eigenvalue weighted by Crippen LogP contribution is -2.29. The van der Waals surface area contributed by atoms with Gasteiger partial charge in [0.2, 0.25) is 10.0 Å². The zero-order valence-electron chi connectivity index (χ0n) is 21.0. The molecule has 0 aliphatic heterocycles. The van der Waals surface area contributed by atoms with Crippen LogP contribution in [0.5, 0.6) is 0 Å². The van der Waals surface area contributed by atoms with E-state index >= 15 is 0 Å². The van der Waals surface area contributed by atoms with E-state index in [4.69, 9.17) is 9.66 Å². The largest absolute Gasteiger partial charge is 0.359 e. The summed E-state index contributed by atoms with van der Waals surface area (Å²) in [6.07, 6.45) is 0. The van der Waals surface area contributed by atoms with Gasteiger partial charge in [0.05, 0.1) is 11.4 Å². The lowest BCUT2D eigenvalue weighted by molar-refractivity contribution is 0.358. The van der Waals surface area contributed by atoms with Gasteiger partial charge in [0, 0.05) is 23.6 Å². The summed E-state index contributed by atoms with van der Waals surface area (Å²) in [5, 5.41) is 13.6. The van der Waals surface area contributed by atoms with Gasteiger partial charge in [-0.1, -0.05) is 114 Å². The van der Waals surface area contributed by atoms with Crippen molar-refractivity contribution in [2.24, 2.45) is 5.14 Å². The third-order valence-electron chi connectivity index (χ3n) is 6.58. The number of hydrogen-bond donors (Lipinski definition) is 2. The molecule has 0 aliphatic carbocycles. The molecule has 38 heavy (non-hydrogen) atoms. The summed E-state index contributed by atoms with van der Waals surface area (Å²) in [6.45, 7) is 2.34. The summed E-state index contributed by atoms with van der Waals surface area (Å²) in [5.41, 5.74) is 5.29. The minimum Gasteiger partial charge on any atom is -0.359 e. The molecule has 5 rings (SSSR count). The van der Waals surface area contributed by atoms with Crippen molar-refractivity contribution in [1.29, 1.82) is 0 Å². The van der Waals surface area contributed by atoms with Crippen LogP contribution in [-0.4, -0.2) is 13.6 Å². The maximum Gasteiger partial charge on any atom is 0.238 e. The van der Waals surface area contributed by atoms with Crippen LogP contribution in [0, 0.1) is 6.92 Å². The quantitative estimate of drug-likeness (QED) is 0.248. The minimum atomic E-state index is -3.97. The molecule has 0 unspecified atom stereocenters. The Kier molecular flexibility index (Phi) is 7.51. The Bertz CT molecular complexity index is 1600. The number of sulfonamides is 1. The smallest absolute Gasteiger partial charge is 0.238 e. The van der Waals surface area contributed by atoms with E-state index in [0.717, 1.165) is 27.9 Å². The van der Waals surface area contributed by atoms with Crippen molar-refractivity contribution >= 4 is 10.0 Å². The first-order valence-corrected chi connectivity index (χ1v) is 13.9. The van der Waals surface area contributed by atoms with Crippen molar-refractivity contribution in [3.63, 3.8) is 0 Å². The summed E-state index contributed by atoms with van der Waals surface area (Å²) in [6, 6.07) is 36.6. The first kappa shape index (κ1) is 25.6. The number of rotatable bonds is 9. The van der Waals surface area contributed by atoms with Crippen molar-refractivity contribution in [1.82, 2.24) is 10.5 Å². The number of benzene rings is 4. The molecule has 0 saturated heterocycles. The second kappa shape index (κ2) is 11.1. The second-order valence-corrected chi connectivity index (χ2v) is 10.8. The van der Waals surface area contributed by atoms with Gasteiger partial charge < -0.3 is 9.84 Å². The molecule has 192 valence electrons. The van der Waals surface area contributed by atoms with E-state index in [9.17, 15) is 8.42 Å². The maximum atomic E-state index is 12.7. The van der Waals surface area contributed by atoms with E-state index in [1.807, 2.05) is 110 Å². The summed E-state index contributed by atoms with van der Waals surface area (Å²) >= 11 is 0. The standard InChI is InChI=1S/C31H29N3O3S/c1-22-17-18-29(38(32,35)36)27(19-22)30(24-13-7-3-8-14-24)31(25-15-9-4-10-16-25)33-21-26-20-28(34-37-26)23-11-5-2-6-12-23/h2-20,30-31,33H,21H2,1H3,(H2,32,35,36)/t30-,31+/m1/s1. The predicted molar refractivity (Wildman–Crippen MR) is 149 cm³/mol. The minimum absolute atomic E-state index is 0.116. The van der Waals surface area contributed by atoms with Crippen LogP contribution in [0.25, 0.3) is 11.3 Å². The Labute approximate surface area is 223 Å². The molecule has 0 amide bonds. The normalized spacial score (nSPS) is 13.2. The average Bonchev–Trinajstić information content (AvgIpc) is 3.41. The van der Waals surface area contributed by atoms with Gasteiger partial charge in [-0.15, -0.1) is 0 Å². The molecule has 6 nitrogen and oxygen atoms in total. The summed E-state index contributed by atoms with van der Waals surface area (Å²) in [5.74, 6) is 0.316. The molecule has 7 heteroatoms. The van der Waals surface area contributed by atoms with Gasteiger partial charge >= 0.3 is 0 Å². The highest BCUT2D eigenvalue weighted by Gasteiger charge is 2.31. The topological polar surface area (TPSA) is 98.2 Å². The van der Waals surface area contributed by atoms with Crippen LogP contribution in [0.1, 0.15) is 40.0 Å². The molecule has 0 bridgehead atoms. The third-order valence-corrected chi connectivity index (χ3v) is 7.57. The van der Waals surface area contributed by atoms with E-state index in [1.54, 1.807) is 12.1 Å². The van der Waals surface area contributed by atoms with Crippen LogP contribution in [0.3, 0.4) is 0 Å². The molecular weight excluding hydrogens is 494 g/mol. The van der Waals surface area contributed by atoms with E-state index in [2.05, 4.69) is 10.5 Å². The predicted octanol–water partition coefficient (Wildman–Crippen LogP) is 5.96. The number of aromatic nitrogens is 1. The lowest BCUT2D eigenvalue weighted by atomic mass is 9.81. The highest BCUT2D eigenvalue weighted by atomic mass is 32.2. The van der Waals surface area contributed by atoms with E-state index in [-0.39, 0.29) is 16.9 Å². The van der Waals surface area contributed by atoms with Gasteiger partial charge in [0.25, 0.3) is 0 Å². The summed E-state index contributed by atoms with van der Waals surface area (Å²) < 4.78 is 31.1. The molecule has 2 atom stereocenters. The van der Waals surface area contributed by atoms with Crippen molar-refractivity contribution < 1.29 is 12.9 Å². The van der Waals surface area contributed by atoms with Crippen LogP contribution in [0.2, 0.25) is 0 Å². The molecule has 0 spiro atoms. The Morgan fingerprint density at radius 2 is 1.42 bits per heavy atom. The molecule has 0 aliphatic rings. The van der Waals surface area contributed by atoms with Gasteiger partial charge in [-0.05, 0) is 29.7 Å². The molecule has 3 N–H and O–H groups in total. The second-order valence-electron chi connectivity index (χ2n) is 9.29. The van der Waals surface area contributed by atoms with Crippen molar-refractivity contribution in [3.8, 4) is 11.3 Å². The average molecular weight is 524 g/mol. The van der Waals surface area contributed by atoms with Gasteiger partial charge in [-0.2, -0.15) is 0 Å². The first-order valence-electron chi connectivity index (χ1n) is 12.4. The van der Waals surface area contributed by atoms with E-state index in [0.29, 0.717) is 17.9 Å². The summed E-state index contributed by atoms with van der Waals surface area (Å²) in [7, 11) is -3.97. The number of nitrogens with two attached hydrogens (primary N) is 1. The van der Waals surface area contributed by atoms with E-state index in [1.165, 1.54) is 0 Å². The number of aryl methyl sites for hydroxylation is 1. The van der Waals surface area contributed by atoms with Gasteiger partial charge in [-0.25, -0.2) is 13.6 Å². The molecule has 1 heterocycles. The highest BCUT2D eigenvalue weighted by molar-refractivity contribution is 7.89. The number of nitrogens with one attached hydrogen (secondary N) is 1. The van der Waals surface area contributed by atoms with E-state index < -0.39 is 10.0 Å². The molecular formula is C31H29N3O3S. The molecule has 1 aromatic heterocycles. The fourth-order valence-corrected chi connectivity index (χ4v) is 5.59. The van der Waals surface area contributed by atoms with Gasteiger partial charge in [0.1, 0.15) is 5.69 Å². The van der Waals surface area contributed by atoms with Crippen LogP contribution >= 0.6 is 0 Å². The number of hydrogen-bond acceptors (Lipinski definition) is 5. The molecule has 0 radical (unpaired) electrons. The Hall–Kier alpha value is -4.04. The highest BCUT2D eigenvalue weighted by Crippen LogP contribution is 2.40. The first-order chi connectivity index (χ1) is 18.4.